The zero-order valence-corrected chi connectivity index (χ0v) is 15.8. The van der Waals surface area contributed by atoms with Gasteiger partial charge in [-0.25, -0.2) is 9.97 Å². The van der Waals surface area contributed by atoms with Gasteiger partial charge in [0.25, 0.3) is 0 Å². The Morgan fingerprint density at radius 3 is 2.59 bits per heavy atom. The standard InChI is InChI=1S/C22H20F3N3O/c1-29-17-10-7-14-3-2-4-19(18(14)11-17)28-21-12-20(26-13-27-21)15-5-8-16(9-6-15)22(23,24)25/h2-6,8-9,12-13,17H,7,10-11H2,1H3,(H,26,27,28). The van der Waals surface area contributed by atoms with Crippen LogP contribution in [0.4, 0.5) is 24.7 Å². The number of ether oxygens (including phenoxy) is 1. The lowest BCUT2D eigenvalue weighted by Crippen LogP contribution is -2.22. The molecule has 1 aliphatic carbocycles. The van der Waals surface area contributed by atoms with Gasteiger partial charge in [-0.1, -0.05) is 24.3 Å². The van der Waals surface area contributed by atoms with E-state index in [2.05, 4.69) is 21.4 Å². The lowest BCUT2D eigenvalue weighted by Gasteiger charge is -2.25. The summed E-state index contributed by atoms with van der Waals surface area (Å²) in [5.74, 6) is 0.586. The molecule has 1 N–H and O–H groups in total. The van der Waals surface area contributed by atoms with E-state index < -0.39 is 11.7 Å². The molecule has 2 aromatic carbocycles. The second-order valence-electron chi connectivity index (χ2n) is 7.03. The maximum atomic E-state index is 12.8. The summed E-state index contributed by atoms with van der Waals surface area (Å²) < 4.78 is 43.9. The number of rotatable bonds is 4. The SMILES string of the molecule is COC1CCc2cccc(Nc3cc(-c4ccc(C(F)(F)F)cc4)ncn3)c2C1. The Morgan fingerprint density at radius 1 is 1.07 bits per heavy atom. The lowest BCUT2D eigenvalue weighted by atomic mass is 9.88. The third-order valence-corrected chi connectivity index (χ3v) is 5.21. The van der Waals surface area contributed by atoms with Crippen LogP contribution in [0.2, 0.25) is 0 Å². The molecule has 3 aromatic rings. The minimum absolute atomic E-state index is 0.193. The number of alkyl halides is 3. The molecule has 4 nitrogen and oxygen atoms in total. The summed E-state index contributed by atoms with van der Waals surface area (Å²) >= 11 is 0. The molecule has 4 rings (SSSR count). The van der Waals surface area contributed by atoms with Gasteiger partial charge in [0, 0.05) is 30.8 Å². The van der Waals surface area contributed by atoms with Crippen LogP contribution in [0, 0.1) is 0 Å². The smallest absolute Gasteiger partial charge is 0.381 e. The number of aromatic nitrogens is 2. The molecule has 1 aromatic heterocycles. The number of hydrogen-bond acceptors (Lipinski definition) is 4. The Bertz CT molecular complexity index is 1000. The van der Waals surface area contributed by atoms with E-state index in [1.54, 1.807) is 13.2 Å². The predicted octanol–water partition coefficient (Wildman–Crippen LogP) is 5.41. The molecule has 0 bridgehead atoms. The highest BCUT2D eigenvalue weighted by Gasteiger charge is 2.30. The quantitative estimate of drug-likeness (QED) is 0.637. The Balaban J connectivity index is 1.59. The minimum atomic E-state index is -4.36. The van der Waals surface area contributed by atoms with Crippen molar-refractivity contribution in [3.63, 3.8) is 0 Å². The van der Waals surface area contributed by atoms with Crippen LogP contribution in [0.3, 0.4) is 0 Å². The molecule has 0 amide bonds. The molecule has 0 saturated carbocycles. The summed E-state index contributed by atoms with van der Waals surface area (Å²) in [6.45, 7) is 0. The van der Waals surface area contributed by atoms with Gasteiger partial charge in [0.1, 0.15) is 12.1 Å². The van der Waals surface area contributed by atoms with Crippen LogP contribution in [0.1, 0.15) is 23.1 Å². The molecule has 7 heteroatoms. The molecule has 1 unspecified atom stereocenters. The molecule has 1 aliphatic rings. The summed E-state index contributed by atoms with van der Waals surface area (Å²) in [6, 6.07) is 12.8. The number of methoxy groups -OCH3 is 1. The molecule has 0 saturated heterocycles. The Labute approximate surface area is 166 Å². The molecule has 0 aliphatic heterocycles. The number of aryl methyl sites for hydroxylation is 1. The third-order valence-electron chi connectivity index (χ3n) is 5.21. The molecule has 0 fully saturated rings. The molecule has 150 valence electrons. The number of benzene rings is 2. The molecule has 0 radical (unpaired) electrons. The first-order valence-electron chi connectivity index (χ1n) is 9.34. The third kappa shape index (κ3) is 4.24. The number of nitrogens with zero attached hydrogens (tertiary/aromatic N) is 2. The topological polar surface area (TPSA) is 47.0 Å². The van der Waals surface area contributed by atoms with Crippen molar-refractivity contribution in [3.8, 4) is 11.3 Å². The van der Waals surface area contributed by atoms with Crippen LogP contribution >= 0.6 is 0 Å². The van der Waals surface area contributed by atoms with Crippen LogP contribution in [0.15, 0.2) is 54.9 Å². The maximum Gasteiger partial charge on any atom is 0.416 e. The fraction of sp³-hybridized carbons (Fsp3) is 0.273. The zero-order valence-electron chi connectivity index (χ0n) is 15.8. The molecule has 1 atom stereocenters. The molecule has 1 heterocycles. The minimum Gasteiger partial charge on any atom is -0.381 e. The van der Waals surface area contributed by atoms with Crippen molar-refractivity contribution in [1.29, 1.82) is 0 Å². The number of halogens is 3. The number of anilines is 2. The van der Waals surface area contributed by atoms with Crippen LogP contribution in [0.25, 0.3) is 11.3 Å². The van der Waals surface area contributed by atoms with E-state index in [1.165, 1.54) is 29.6 Å². The van der Waals surface area contributed by atoms with Crippen molar-refractivity contribution in [3.05, 3.63) is 71.5 Å². The summed E-state index contributed by atoms with van der Waals surface area (Å²) in [6.07, 6.45) is 0.0268. The van der Waals surface area contributed by atoms with Gasteiger partial charge >= 0.3 is 6.18 Å². The van der Waals surface area contributed by atoms with Crippen LogP contribution in [-0.4, -0.2) is 23.2 Å². The van der Waals surface area contributed by atoms with Gasteiger partial charge in [0.05, 0.1) is 17.4 Å². The molecular weight excluding hydrogens is 379 g/mol. The Hall–Kier alpha value is -2.93. The van der Waals surface area contributed by atoms with Gasteiger partial charge in [-0.15, -0.1) is 0 Å². The molecule has 0 spiro atoms. The van der Waals surface area contributed by atoms with Crippen molar-refractivity contribution >= 4 is 11.5 Å². The van der Waals surface area contributed by atoms with Gasteiger partial charge in [-0.05, 0) is 42.2 Å². The maximum absolute atomic E-state index is 12.8. The lowest BCUT2D eigenvalue weighted by molar-refractivity contribution is -0.137. The number of nitrogens with one attached hydrogen (secondary N) is 1. The second-order valence-corrected chi connectivity index (χ2v) is 7.03. The average Bonchev–Trinajstić information content (AvgIpc) is 2.73. The van der Waals surface area contributed by atoms with E-state index in [4.69, 9.17) is 4.74 Å². The van der Waals surface area contributed by atoms with Gasteiger partial charge in [0.15, 0.2) is 0 Å². The van der Waals surface area contributed by atoms with E-state index >= 15 is 0 Å². The summed E-state index contributed by atoms with van der Waals surface area (Å²) in [5, 5.41) is 3.34. The van der Waals surface area contributed by atoms with Gasteiger partial charge in [-0.2, -0.15) is 13.2 Å². The van der Waals surface area contributed by atoms with Crippen LogP contribution in [0.5, 0.6) is 0 Å². The first kappa shape index (κ1) is 19.4. The first-order valence-corrected chi connectivity index (χ1v) is 9.34. The highest BCUT2D eigenvalue weighted by atomic mass is 19.4. The zero-order chi connectivity index (χ0) is 20.4. The summed E-state index contributed by atoms with van der Waals surface area (Å²) in [7, 11) is 1.73. The van der Waals surface area contributed by atoms with Crippen molar-refractivity contribution in [2.24, 2.45) is 0 Å². The predicted molar refractivity (Wildman–Crippen MR) is 105 cm³/mol. The van der Waals surface area contributed by atoms with Crippen molar-refractivity contribution < 1.29 is 17.9 Å². The van der Waals surface area contributed by atoms with E-state index in [1.807, 2.05) is 12.1 Å². The normalized spacial score (nSPS) is 16.3. The number of fused-ring (bicyclic) bond motifs is 1. The Kier molecular flexibility index (Phi) is 5.24. The monoisotopic (exact) mass is 399 g/mol. The molecule has 29 heavy (non-hydrogen) atoms. The van der Waals surface area contributed by atoms with E-state index in [0.29, 0.717) is 17.1 Å². The fourth-order valence-electron chi connectivity index (χ4n) is 3.63. The summed E-state index contributed by atoms with van der Waals surface area (Å²) in [5.41, 5.74) is 3.92. The first-order chi connectivity index (χ1) is 13.9. The van der Waals surface area contributed by atoms with Crippen molar-refractivity contribution in [2.75, 3.05) is 12.4 Å². The average molecular weight is 399 g/mol. The van der Waals surface area contributed by atoms with Gasteiger partial charge in [-0.3, -0.25) is 0 Å². The van der Waals surface area contributed by atoms with E-state index in [9.17, 15) is 13.2 Å². The molecular formula is C22H20F3N3O. The van der Waals surface area contributed by atoms with Gasteiger partial charge in [0.2, 0.25) is 0 Å². The van der Waals surface area contributed by atoms with Gasteiger partial charge < -0.3 is 10.1 Å². The van der Waals surface area contributed by atoms with Crippen molar-refractivity contribution in [1.82, 2.24) is 9.97 Å². The van der Waals surface area contributed by atoms with E-state index in [-0.39, 0.29) is 6.10 Å². The summed E-state index contributed by atoms with van der Waals surface area (Å²) in [4.78, 5) is 8.48. The second kappa shape index (κ2) is 7.83. The van der Waals surface area contributed by atoms with E-state index in [0.717, 1.165) is 37.1 Å². The highest BCUT2D eigenvalue weighted by Crippen LogP contribution is 2.32. The number of hydrogen-bond donors (Lipinski definition) is 1. The Morgan fingerprint density at radius 2 is 1.86 bits per heavy atom. The van der Waals surface area contributed by atoms with Crippen LogP contribution < -0.4 is 5.32 Å². The fourth-order valence-corrected chi connectivity index (χ4v) is 3.63. The van der Waals surface area contributed by atoms with Crippen LogP contribution in [-0.2, 0) is 23.8 Å². The largest absolute Gasteiger partial charge is 0.416 e. The van der Waals surface area contributed by atoms with Crippen molar-refractivity contribution in [2.45, 2.75) is 31.5 Å². The highest BCUT2D eigenvalue weighted by molar-refractivity contribution is 5.68.